The highest BCUT2D eigenvalue weighted by Gasteiger charge is 2.30. The Bertz CT molecular complexity index is 198. The number of carbonyl (C=O) groups is 1. The molecule has 1 aliphatic carbocycles. The van der Waals surface area contributed by atoms with E-state index in [9.17, 15) is 4.79 Å². The molecule has 0 radical (unpaired) electrons. The molecule has 0 aromatic rings. The molecule has 2 unspecified atom stereocenters. The molecule has 82 valence electrons. The molecule has 0 spiro atoms. The quantitative estimate of drug-likeness (QED) is 0.691. The lowest BCUT2D eigenvalue weighted by Gasteiger charge is -2.31. The first-order chi connectivity index (χ1) is 6.50. The van der Waals surface area contributed by atoms with Crippen molar-refractivity contribution in [2.75, 3.05) is 20.6 Å². The van der Waals surface area contributed by atoms with Gasteiger partial charge in [-0.3, -0.25) is 4.79 Å². The largest absolute Gasteiger partial charge is 0.309 e. The molecule has 1 fully saturated rings. The van der Waals surface area contributed by atoms with Crippen molar-refractivity contribution in [1.29, 1.82) is 0 Å². The van der Waals surface area contributed by atoms with E-state index >= 15 is 0 Å². The standard InChI is InChI=1S/C12H23NO/c1-9(2)10-5-6-12(14)11(7-10)8-13(3)4/h9-11H,5-8H2,1-4H3. The van der Waals surface area contributed by atoms with Crippen molar-refractivity contribution in [2.24, 2.45) is 17.8 Å². The molecule has 14 heavy (non-hydrogen) atoms. The zero-order valence-corrected chi connectivity index (χ0v) is 9.92. The lowest BCUT2D eigenvalue weighted by Crippen LogP contribution is -2.34. The fourth-order valence-corrected chi connectivity index (χ4v) is 2.37. The summed E-state index contributed by atoms with van der Waals surface area (Å²) >= 11 is 0. The molecule has 0 heterocycles. The van der Waals surface area contributed by atoms with Crippen molar-refractivity contribution in [1.82, 2.24) is 4.90 Å². The van der Waals surface area contributed by atoms with Gasteiger partial charge in [-0.25, -0.2) is 0 Å². The third-order valence-electron chi connectivity index (χ3n) is 3.33. The summed E-state index contributed by atoms with van der Waals surface area (Å²) < 4.78 is 0. The van der Waals surface area contributed by atoms with Gasteiger partial charge >= 0.3 is 0 Å². The molecule has 0 amide bonds. The first-order valence-electron chi connectivity index (χ1n) is 5.68. The normalized spacial score (nSPS) is 28.9. The summed E-state index contributed by atoms with van der Waals surface area (Å²) in [7, 11) is 4.10. The summed E-state index contributed by atoms with van der Waals surface area (Å²) in [5.74, 6) is 2.27. The van der Waals surface area contributed by atoms with Crippen LogP contribution in [0.25, 0.3) is 0 Å². The summed E-state index contributed by atoms with van der Waals surface area (Å²) in [6, 6.07) is 0. The van der Waals surface area contributed by atoms with Gasteiger partial charge in [0.15, 0.2) is 0 Å². The number of rotatable bonds is 3. The van der Waals surface area contributed by atoms with Gasteiger partial charge in [0.25, 0.3) is 0 Å². The average Bonchev–Trinajstić information content (AvgIpc) is 2.07. The molecular formula is C12H23NO. The third-order valence-corrected chi connectivity index (χ3v) is 3.33. The molecular weight excluding hydrogens is 174 g/mol. The summed E-state index contributed by atoms with van der Waals surface area (Å²) in [6.45, 7) is 5.47. The van der Waals surface area contributed by atoms with Crippen molar-refractivity contribution in [2.45, 2.75) is 33.1 Å². The Balaban J connectivity index is 2.51. The zero-order valence-electron chi connectivity index (χ0n) is 9.92. The van der Waals surface area contributed by atoms with E-state index < -0.39 is 0 Å². The van der Waals surface area contributed by atoms with Crippen molar-refractivity contribution >= 4 is 5.78 Å². The number of Topliss-reactive ketones (excluding diaryl/α,β-unsaturated/α-hetero) is 1. The Morgan fingerprint density at radius 2 is 2.07 bits per heavy atom. The average molecular weight is 197 g/mol. The lowest BCUT2D eigenvalue weighted by atomic mass is 9.75. The molecule has 1 saturated carbocycles. The maximum atomic E-state index is 11.7. The van der Waals surface area contributed by atoms with Gasteiger partial charge in [0.05, 0.1) is 0 Å². The van der Waals surface area contributed by atoms with Crippen LogP contribution in [0.5, 0.6) is 0 Å². The van der Waals surface area contributed by atoms with Gasteiger partial charge < -0.3 is 4.90 Å². The van der Waals surface area contributed by atoms with Crippen molar-refractivity contribution in [3.8, 4) is 0 Å². The van der Waals surface area contributed by atoms with E-state index in [0.717, 1.165) is 37.6 Å². The van der Waals surface area contributed by atoms with E-state index in [1.54, 1.807) is 0 Å². The Hall–Kier alpha value is -0.370. The number of nitrogens with zero attached hydrogens (tertiary/aromatic N) is 1. The third kappa shape index (κ3) is 3.09. The summed E-state index contributed by atoms with van der Waals surface area (Å²) in [5.41, 5.74) is 0. The SMILES string of the molecule is CC(C)C1CCC(=O)C(CN(C)C)C1. The fourth-order valence-electron chi connectivity index (χ4n) is 2.37. The van der Waals surface area contributed by atoms with Crippen LogP contribution in [-0.2, 0) is 4.79 Å². The van der Waals surface area contributed by atoms with Crippen LogP contribution in [0.15, 0.2) is 0 Å². The molecule has 0 saturated heterocycles. The molecule has 0 aromatic carbocycles. The lowest BCUT2D eigenvalue weighted by molar-refractivity contribution is -0.126. The van der Waals surface area contributed by atoms with Gasteiger partial charge in [-0.15, -0.1) is 0 Å². The Labute approximate surface area is 87.7 Å². The van der Waals surface area contributed by atoms with Gasteiger partial charge in [-0.2, -0.15) is 0 Å². The van der Waals surface area contributed by atoms with E-state index in [4.69, 9.17) is 0 Å². The molecule has 0 aliphatic heterocycles. The highest BCUT2D eigenvalue weighted by atomic mass is 16.1. The molecule has 0 aromatic heterocycles. The van der Waals surface area contributed by atoms with Crippen LogP contribution in [0.2, 0.25) is 0 Å². The molecule has 2 heteroatoms. The van der Waals surface area contributed by atoms with Gasteiger partial charge in [0, 0.05) is 18.9 Å². The number of hydrogen-bond acceptors (Lipinski definition) is 2. The summed E-state index contributed by atoms with van der Waals surface area (Å²) in [5, 5.41) is 0. The van der Waals surface area contributed by atoms with Gasteiger partial charge in [-0.05, 0) is 38.8 Å². The second-order valence-electron chi connectivity index (χ2n) is 5.20. The minimum Gasteiger partial charge on any atom is -0.309 e. The monoisotopic (exact) mass is 197 g/mol. The first kappa shape index (κ1) is 11.7. The summed E-state index contributed by atoms with van der Waals surface area (Å²) in [6.07, 6.45) is 3.02. The van der Waals surface area contributed by atoms with E-state index in [0.29, 0.717) is 11.7 Å². The Morgan fingerprint density at radius 3 is 2.57 bits per heavy atom. The minimum atomic E-state index is 0.297. The zero-order chi connectivity index (χ0) is 10.7. The fraction of sp³-hybridized carbons (Fsp3) is 0.917. The molecule has 1 rings (SSSR count). The highest BCUT2D eigenvalue weighted by molar-refractivity contribution is 5.81. The number of ketones is 1. The van der Waals surface area contributed by atoms with Crippen molar-refractivity contribution in [3.05, 3.63) is 0 Å². The smallest absolute Gasteiger partial charge is 0.137 e. The van der Waals surface area contributed by atoms with Crippen LogP contribution >= 0.6 is 0 Å². The van der Waals surface area contributed by atoms with Gasteiger partial charge in [-0.1, -0.05) is 13.8 Å². The van der Waals surface area contributed by atoms with Gasteiger partial charge in [0.1, 0.15) is 5.78 Å². The molecule has 1 aliphatic rings. The first-order valence-corrected chi connectivity index (χ1v) is 5.68. The molecule has 2 nitrogen and oxygen atoms in total. The maximum absolute atomic E-state index is 11.7. The van der Waals surface area contributed by atoms with Crippen LogP contribution in [0.4, 0.5) is 0 Å². The maximum Gasteiger partial charge on any atom is 0.137 e. The van der Waals surface area contributed by atoms with Crippen molar-refractivity contribution in [3.63, 3.8) is 0 Å². The minimum absolute atomic E-state index is 0.297. The van der Waals surface area contributed by atoms with E-state index in [2.05, 4.69) is 18.7 Å². The second kappa shape index (κ2) is 4.92. The molecule has 2 atom stereocenters. The van der Waals surface area contributed by atoms with E-state index in [1.807, 2.05) is 14.1 Å². The van der Waals surface area contributed by atoms with Crippen molar-refractivity contribution < 1.29 is 4.79 Å². The number of carbonyl (C=O) groups excluding carboxylic acids is 1. The predicted molar refractivity (Wildman–Crippen MR) is 59.2 cm³/mol. The predicted octanol–water partition coefficient (Wildman–Crippen LogP) is 2.19. The van der Waals surface area contributed by atoms with Crippen LogP contribution in [-0.4, -0.2) is 31.3 Å². The Kier molecular flexibility index (Phi) is 4.11. The summed E-state index contributed by atoms with van der Waals surface area (Å²) in [4.78, 5) is 13.8. The van der Waals surface area contributed by atoms with Gasteiger partial charge in [0.2, 0.25) is 0 Å². The number of hydrogen-bond donors (Lipinski definition) is 0. The van der Waals surface area contributed by atoms with Crippen LogP contribution in [0.3, 0.4) is 0 Å². The van der Waals surface area contributed by atoms with Crippen LogP contribution < -0.4 is 0 Å². The Morgan fingerprint density at radius 1 is 1.43 bits per heavy atom. The van der Waals surface area contributed by atoms with Crippen LogP contribution in [0, 0.1) is 17.8 Å². The topological polar surface area (TPSA) is 20.3 Å². The molecule has 0 N–H and O–H groups in total. The second-order valence-corrected chi connectivity index (χ2v) is 5.20. The van der Waals surface area contributed by atoms with Crippen LogP contribution in [0.1, 0.15) is 33.1 Å². The highest BCUT2D eigenvalue weighted by Crippen LogP contribution is 2.31. The molecule has 0 bridgehead atoms. The van der Waals surface area contributed by atoms with E-state index in [1.165, 1.54) is 0 Å². The van der Waals surface area contributed by atoms with E-state index in [-0.39, 0.29) is 0 Å².